The summed E-state index contributed by atoms with van der Waals surface area (Å²) in [6.07, 6.45) is 6.94. The number of ether oxygens (including phenoxy) is 1. The molecule has 0 amide bonds. The third kappa shape index (κ3) is 1.56. The molecule has 4 nitrogen and oxygen atoms in total. The van der Waals surface area contributed by atoms with Gasteiger partial charge < -0.3 is 14.6 Å². The van der Waals surface area contributed by atoms with Crippen molar-refractivity contribution in [3.05, 3.63) is 11.6 Å². The first kappa shape index (κ1) is 17.3. The number of hydrogen-bond acceptors (Lipinski definition) is 4. The third-order valence-corrected chi connectivity index (χ3v) is 8.57. The molecule has 0 radical (unpaired) electrons. The number of methoxy groups -OCH3 is 1. The molecule has 0 spiro atoms. The van der Waals surface area contributed by atoms with Crippen molar-refractivity contribution >= 4 is 12.3 Å². The SMILES string of the molecule is COC(=O)[C@@]12C(C(C)C)=C[C@@H]3C[C@]1(C=O)[C@@H]1CC[C@@H](C)[C@H]1CC32CO. The Labute approximate surface area is 150 Å². The molecule has 0 aromatic carbocycles. The van der Waals surface area contributed by atoms with Crippen molar-refractivity contribution in [1.29, 1.82) is 0 Å². The summed E-state index contributed by atoms with van der Waals surface area (Å²) in [5.41, 5.74) is -1.22. The average molecular weight is 346 g/mol. The lowest BCUT2D eigenvalue weighted by Gasteiger charge is -2.58. The predicted molar refractivity (Wildman–Crippen MR) is 93.5 cm³/mol. The minimum Gasteiger partial charge on any atom is -0.468 e. The highest BCUT2D eigenvalue weighted by atomic mass is 16.5. The average Bonchev–Trinajstić information content (AvgIpc) is 3.17. The molecule has 1 unspecified atom stereocenters. The zero-order valence-electron chi connectivity index (χ0n) is 15.7. The maximum Gasteiger partial charge on any atom is 0.317 e. The van der Waals surface area contributed by atoms with E-state index in [9.17, 15) is 14.7 Å². The second-order valence-corrected chi connectivity index (χ2v) is 9.33. The van der Waals surface area contributed by atoms with Crippen molar-refractivity contribution in [3.8, 4) is 0 Å². The first-order valence-electron chi connectivity index (χ1n) is 9.74. The molecule has 0 heterocycles. The van der Waals surface area contributed by atoms with Crippen molar-refractivity contribution in [2.24, 2.45) is 45.8 Å². The fourth-order valence-corrected chi connectivity index (χ4v) is 7.79. The summed E-state index contributed by atoms with van der Waals surface area (Å²) in [4.78, 5) is 26.1. The Morgan fingerprint density at radius 3 is 2.68 bits per heavy atom. The predicted octanol–water partition coefficient (Wildman–Crippen LogP) is 2.99. The monoisotopic (exact) mass is 346 g/mol. The smallest absolute Gasteiger partial charge is 0.317 e. The zero-order chi connectivity index (χ0) is 18.2. The lowest BCUT2D eigenvalue weighted by Crippen LogP contribution is -2.63. The van der Waals surface area contributed by atoms with Gasteiger partial charge in [-0.3, -0.25) is 4.79 Å². The topological polar surface area (TPSA) is 63.6 Å². The number of allylic oxidation sites excluding steroid dienone is 1. The highest BCUT2D eigenvalue weighted by Gasteiger charge is 2.84. The number of carbonyl (C=O) groups excluding carboxylic acids is 2. The highest BCUT2D eigenvalue weighted by molar-refractivity contribution is 5.91. The fraction of sp³-hybridized carbons (Fsp3) is 0.810. The van der Waals surface area contributed by atoms with Crippen molar-refractivity contribution in [1.82, 2.24) is 0 Å². The summed E-state index contributed by atoms with van der Waals surface area (Å²) in [7, 11) is 1.43. The number of carbonyl (C=O) groups is 2. The summed E-state index contributed by atoms with van der Waals surface area (Å²) in [5, 5.41) is 10.6. The number of fused-ring (bicyclic) bond motifs is 2. The molecule has 4 bridgehead atoms. The third-order valence-electron chi connectivity index (χ3n) is 8.57. The minimum atomic E-state index is -0.977. The van der Waals surface area contributed by atoms with Crippen molar-refractivity contribution in [2.75, 3.05) is 13.7 Å². The number of rotatable bonds is 4. The van der Waals surface area contributed by atoms with Crippen LogP contribution in [0, 0.1) is 45.8 Å². The molecule has 4 aliphatic carbocycles. The molecule has 0 aliphatic heterocycles. The zero-order valence-corrected chi connectivity index (χ0v) is 15.7. The van der Waals surface area contributed by atoms with Gasteiger partial charge in [0.1, 0.15) is 11.7 Å². The molecule has 4 aliphatic rings. The van der Waals surface area contributed by atoms with Crippen LogP contribution in [-0.4, -0.2) is 31.1 Å². The maximum absolute atomic E-state index is 13.4. The van der Waals surface area contributed by atoms with Crippen LogP contribution in [0.15, 0.2) is 11.6 Å². The highest BCUT2D eigenvalue weighted by Crippen LogP contribution is 2.82. The second-order valence-electron chi connectivity index (χ2n) is 9.33. The molecule has 0 aromatic heterocycles. The summed E-state index contributed by atoms with van der Waals surface area (Å²) in [6, 6.07) is 0. The molecule has 3 fully saturated rings. The Hall–Kier alpha value is -1.16. The Bertz CT molecular complexity index is 652. The molecule has 25 heavy (non-hydrogen) atoms. The van der Waals surface area contributed by atoms with E-state index in [2.05, 4.69) is 26.8 Å². The van der Waals surface area contributed by atoms with E-state index in [0.29, 0.717) is 18.3 Å². The molecule has 1 N–H and O–H groups in total. The van der Waals surface area contributed by atoms with E-state index in [1.807, 2.05) is 0 Å². The van der Waals surface area contributed by atoms with E-state index in [-0.39, 0.29) is 30.3 Å². The van der Waals surface area contributed by atoms with E-state index < -0.39 is 16.2 Å². The largest absolute Gasteiger partial charge is 0.468 e. The first-order chi connectivity index (χ1) is 11.9. The van der Waals surface area contributed by atoms with E-state index in [0.717, 1.165) is 31.1 Å². The Morgan fingerprint density at radius 2 is 2.12 bits per heavy atom. The van der Waals surface area contributed by atoms with Gasteiger partial charge in [-0.1, -0.05) is 38.8 Å². The van der Waals surface area contributed by atoms with Crippen LogP contribution < -0.4 is 0 Å². The van der Waals surface area contributed by atoms with Gasteiger partial charge in [-0.2, -0.15) is 0 Å². The Morgan fingerprint density at radius 1 is 1.40 bits per heavy atom. The normalized spacial score (nSPS) is 49.9. The van der Waals surface area contributed by atoms with Gasteiger partial charge in [0, 0.05) is 5.41 Å². The van der Waals surface area contributed by atoms with Crippen LogP contribution in [0.3, 0.4) is 0 Å². The summed E-state index contributed by atoms with van der Waals surface area (Å²) >= 11 is 0. The number of esters is 1. The lowest BCUT2D eigenvalue weighted by molar-refractivity contribution is -0.187. The van der Waals surface area contributed by atoms with Gasteiger partial charge in [-0.15, -0.1) is 0 Å². The van der Waals surface area contributed by atoms with E-state index in [1.165, 1.54) is 7.11 Å². The van der Waals surface area contributed by atoms with Gasteiger partial charge in [0.15, 0.2) is 0 Å². The van der Waals surface area contributed by atoms with E-state index in [4.69, 9.17) is 4.74 Å². The Kier molecular flexibility index (Phi) is 3.58. The quantitative estimate of drug-likeness (QED) is 0.483. The summed E-state index contributed by atoms with van der Waals surface area (Å²) < 4.78 is 5.35. The maximum atomic E-state index is 13.4. The lowest BCUT2D eigenvalue weighted by atomic mass is 9.43. The van der Waals surface area contributed by atoms with Crippen LogP contribution in [-0.2, 0) is 14.3 Å². The number of aliphatic hydroxyl groups excluding tert-OH is 1. The van der Waals surface area contributed by atoms with E-state index in [1.54, 1.807) is 0 Å². The van der Waals surface area contributed by atoms with Crippen LogP contribution in [0.4, 0.5) is 0 Å². The van der Waals surface area contributed by atoms with Crippen LogP contribution in [0.1, 0.15) is 46.5 Å². The second kappa shape index (κ2) is 5.18. The Balaban J connectivity index is 2.03. The molecule has 0 saturated heterocycles. The number of aliphatic hydroxyl groups is 1. The van der Waals surface area contributed by atoms with Crippen LogP contribution >= 0.6 is 0 Å². The minimum absolute atomic E-state index is 0.0506. The molecular formula is C21H30O4. The van der Waals surface area contributed by atoms with Gasteiger partial charge in [0.2, 0.25) is 0 Å². The first-order valence-corrected chi connectivity index (χ1v) is 9.74. The molecule has 4 heteroatoms. The summed E-state index contributed by atoms with van der Waals surface area (Å²) in [6.45, 7) is 6.39. The summed E-state index contributed by atoms with van der Waals surface area (Å²) in [5.74, 6) is 1.14. The van der Waals surface area contributed by atoms with Gasteiger partial charge in [0.05, 0.1) is 19.1 Å². The van der Waals surface area contributed by atoms with Crippen molar-refractivity contribution in [2.45, 2.75) is 46.5 Å². The van der Waals surface area contributed by atoms with Crippen LogP contribution in [0.25, 0.3) is 0 Å². The van der Waals surface area contributed by atoms with Crippen LogP contribution in [0.2, 0.25) is 0 Å². The molecule has 7 atom stereocenters. The van der Waals surface area contributed by atoms with Crippen LogP contribution in [0.5, 0.6) is 0 Å². The molecule has 4 rings (SSSR count). The standard InChI is InChI=1S/C21H30O4/c1-12(2)17-7-14-8-20(11-23)16-6-5-13(3)15(16)9-19(14,10-22)21(17,20)18(24)25-4/h7,11-16,22H,5-6,8-10H2,1-4H3/t13-,14-,15-,16-,19?,20+,21-/m1/s1. The van der Waals surface area contributed by atoms with E-state index >= 15 is 0 Å². The molecular weight excluding hydrogens is 316 g/mol. The van der Waals surface area contributed by atoms with Crippen molar-refractivity contribution < 1.29 is 19.4 Å². The van der Waals surface area contributed by atoms with Gasteiger partial charge >= 0.3 is 5.97 Å². The molecule has 3 saturated carbocycles. The van der Waals surface area contributed by atoms with Gasteiger partial charge in [-0.25, -0.2) is 0 Å². The number of aldehydes is 1. The van der Waals surface area contributed by atoms with Gasteiger partial charge in [0.25, 0.3) is 0 Å². The fourth-order valence-electron chi connectivity index (χ4n) is 7.79. The van der Waals surface area contributed by atoms with Crippen molar-refractivity contribution in [3.63, 3.8) is 0 Å². The molecule has 0 aromatic rings. The number of hydrogen-bond donors (Lipinski definition) is 1. The van der Waals surface area contributed by atoms with Gasteiger partial charge in [-0.05, 0) is 48.9 Å². The molecule has 138 valence electrons.